The Morgan fingerprint density at radius 3 is 2.67 bits per heavy atom. The maximum absolute atomic E-state index is 13.0. The normalized spacial score (nSPS) is 21.5. The monoisotopic (exact) mass is 358 g/mol. The maximum Gasteiger partial charge on any atom is 0.262 e. The highest BCUT2D eigenvalue weighted by molar-refractivity contribution is 6.35. The molecular formula is C13H15Cl3F2N2O. The van der Waals surface area contributed by atoms with Gasteiger partial charge in [-0.05, 0) is 24.6 Å². The minimum atomic E-state index is -2.83. The second kappa shape index (κ2) is 7.09. The molecule has 21 heavy (non-hydrogen) atoms. The van der Waals surface area contributed by atoms with Crippen LogP contribution in [0.15, 0.2) is 18.2 Å². The Hall–Kier alpha value is -0.620. The molecule has 1 aromatic carbocycles. The summed E-state index contributed by atoms with van der Waals surface area (Å²) in [6.07, 6.45) is -0.486. The minimum absolute atomic E-state index is 0. The number of halogens is 5. The Labute approximate surface area is 137 Å². The molecule has 1 aliphatic heterocycles. The van der Waals surface area contributed by atoms with Gasteiger partial charge in [-0.15, -0.1) is 12.4 Å². The van der Waals surface area contributed by atoms with Crippen molar-refractivity contribution in [1.82, 2.24) is 10.6 Å². The van der Waals surface area contributed by atoms with Crippen LogP contribution in [0.4, 0.5) is 8.78 Å². The fraction of sp³-hybridized carbons (Fsp3) is 0.462. The average molecular weight is 360 g/mol. The maximum atomic E-state index is 13.0. The Morgan fingerprint density at radius 2 is 2.14 bits per heavy atom. The highest BCUT2D eigenvalue weighted by Crippen LogP contribution is 2.28. The summed E-state index contributed by atoms with van der Waals surface area (Å²) in [5, 5.41) is 6.11. The van der Waals surface area contributed by atoms with Gasteiger partial charge in [-0.3, -0.25) is 10.1 Å². The number of alkyl halides is 2. The first-order valence-electron chi connectivity index (χ1n) is 6.15. The largest absolute Gasteiger partial charge is 0.348 e. The highest BCUT2D eigenvalue weighted by Gasteiger charge is 2.42. The summed E-state index contributed by atoms with van der Waals surface area (Å²) < 4.78 is 26.1. The lowest BCUT2D eigenvalue weighted by molar-refractivity contribution is -0.124. The summed E-state index contributed by atoms with van der Waals surface area (Å²) in [7, 11) is 0. The van der Waals surface area contributed by atoms with Crippen LogP contribution in [0.1, 0.15) is 24.9 Å². The molecule has 2 atom stereocenters. The highest BCUT2D eigenvalue weighted by atomic mass is 35.5. The van der Waals surface area contributed by atoms with Gasteiger partial charge in [0.15, 0.2) is 0 Å². The van der Waals surface area contributed by atoms with E-state index < -0.39 is 30.8 Å². The molecule has 0 bridgehead atoms. The number of carbonyl (C=O) groups is 1. The molecule has 0 aliphatic carbocycles. The number of amides is 1. The summed E-state index contributed by atoms with van der Waals surface area (Å²) in [4.78, 5) is 11.9. The standard InChI is InChI=1S/C13H14Cl2F2N2O.ClH/c1-7(9-3-2-8(14)4-10(9)15)19-12(20)11-5-13(16,17)6-18-11;/h2-4,7,11,18H,5-6H2,1H3,(H,19,20);1H. The van der Waals surface area contributed by atoms with E-state index in [0.29, 0.717) is 15.6 Å². The van der Waals surface area contributed by atoms with Gasteiger partial charge >= 0.3 is 0 Å². The molecule has 1 fully saturated rings. The zero-order valence-corrected chi connectivity index (χ0v) is 13.5. The third kappa shape index (κ3) is 4.68. The quantitative estimate of drug-likeness (QED) is 0.866. The summed E-state index contributed by atoms with van der Waals surface area (Å²) >= 11 is 11.8. The predicted octanol–water partition coefficient (Wildman–Crippen LogP) is 3.59. The topological polar surface area (TPSA) is 41.1 Å². The Balaban J connectivity index is 0.00000220. The van der Waals surface area contributed by atoms with Crippen molar-refractivity contribution in [3.05, 3.63) is 33.8 Å². The lowest BCUT2D eigenvalue weighted by atomic mass is 10.1. The van der Waals surface area contributed by atoms with E-state index in [-0.39, 0.29) is 18.4 Å². The Kier molecular flexibility index (Phi) is 6.23. The van der Waals surface area contributed by atoms with Gasteiger partial charge in [-0.1, -0.05) is 29.3 Å². The Morgan fingerprint density at radius 1 is 1.48 bits per heavy atom. The molecule has 0 aromatic heterocycles. The molecule has 2 N–H and O–H groups in total. The van der Waals surface area contributed by atoms with Crippen LogP contribution in [0.2, 0.25) is 10.0 Å². The second-order valence-corrected chi connectivity index (χ2v) is 5.73. The summed E-state index contributed by atoms with van der Waals surface area (Å²) in [5.41, 5.74) is 0.689. The average Bonchev–Trinajstić information content (AvgIpc) is 2.69. The van der Waals surface area contributed by atoms with Crippen LogP contribution in [-0.4, -0.2) is 24.4 Å². The molecule has 1 amide bonds. The second-order valence-electron chi connectivity index (χ2n) is 4.89. The van der Waals surface area contributed by atoms with Crippen molar-refractivity contribution in [2.75, 3.05) is 6.54 Å². The van der Waals surface area contributed by atoms with Gasteiger partial charge in [0, 0.05) is 16.5 Å². The van der Waals surface area contributed by atoms with Gasteiger partial charge in [-0.2, -0.15) is 0 Å². The van der Waals surface area contributed by atoms with Gasteiger partial charge in [-0.25, -0.2) is 8.78 Å². The molecule has 2 unspecified atom stereocenters. The molecule has 0 saturated carbocycles. The van der Waals surface area contributed by atoms with Crippen LogP contribution in [0.25, 0.3) is 0 Å². The number of benzene rings is 1. The van der Waals surface area contributed by atoms with E-state index >= 15 is 0 Å². The lowest BCUT2D eigenvalue weighted by Gasteiger charge is -2.18. The van der Waals surface area contributed by atoms with Crippen LogP contribution in [-0.2, 0) is 4.79 Å². The molecule has 8 heteroatoms. The lowest BCUT2D eigenvalue weighted by Crippen LogP contribution is -2.41. The number of hydrogen-bond donors (Lipinski definition) is 2. The van der Waals surface area contributed by atoms with Crippen LogP contribution in [0, 0.1) is 0 Å². The van der Waals surface area contributed by atoms with Crippen molar-refractivity contribution >= 4 is 41.5 Å². The first kappa shape index (κ1) is 18.4. The number of rotatable bonds is 3. The van der Waals surface area contributed by atoms with Crippen molar-refractivity contribution < 1.29 is 13.6 Å². The molecule has 118 valence electrons. The van der Waals surface area contributed by atoms with E-state index in [2.05, 4.69) is 10.6 Å². The smallest absolute Gasteiger partial charge is 0.262 e. The molecular weight excluding hydrogens is 345 g/mol. The SMILES string of the molecule is CC(NC(=O)C1CC(F)(F)CN1)c1ccc(Cl)cc1Cl.Cl. The van der Waals surface area contributed by atoms with E-state index in [1.165, 1.54) is 0 Å². The van der Waals surface area contributed by atoms with Crippen LogP contribution in [0.5, 0.6) is 0 Å². The van der Waals surface area contributed by atoms with Crippen molar-refractivity contribution in [3.8, 4) is 0 Å². The summed E-state index contributed by atoms with van der Waals surface area (Å²) in [5.74, 6) is -3.29. The molecule has 1 aromatic rings. The first-order valence-corrected chi connectivity index (χ1v) is 6.90. The molecule has 1 heterocycles. The van der Waals surface area contributed by atoms with E-state index in [9.17, 15) is 13.6 Å². The third-order valence-corrected chi connectivity index (χ3v) is 3.78. The van der Waals surface area contributed by atoms with E-state index in [0.717, 1.165) is 0 Å². The van der Waals surface area contributed by atoms with Gasteiger partial charge in [0.2, 0.25) is 5.91 Å². The third-order valence-electron chi connectivity index (χ3n) is 3.21. The zero-order chi connectivity index (χ0) is 14.9. The molecule has 1 aliphatic rings. The van der Waals surface area contributed by atoms with Crippen molar-refractivity contribution in [2.45, 2.75) is 31.4 Å². The molecule has 0 spiro atoms. The fourth-order valence-corrected chi connectivity index (χ4v) is 2.72. The van der Waals surface area contributed by atoms with E-state index in [1.807, 2.05) is 0 Å². The predicted molar refractivity (Wildman–Crippen MR) is 81.6 cm³/mol. The fourth-order valence-electron chi connectivity index (χ4n) is 2.15. The van der Waals surface area contributed by atoms with Crippen molar-refractivity contribution in [3.63, 3.8) is 0 Å². The summed E-state index contributed by atoms with van der Waals surface area (Å²) in [6.45, 7) is 1.27. The van der Waals surface area contributed by atoms with Gasteiger partial charge < -0.3 is 5.32 Å². The van der Waals surface area contributed by atoms with Crippen molar-refractivity contribution in [2.24, 2.45) is 0 Å². The zero-order valence-electron chi connectivity index (χ0n) is 11.1. The van der Waals surface area contributed by atoms with Gasteiger partial charge in [0.05, 0.1) is 18.6 Å². The van der Waals surface area contributed by atoms with Crippen LogP contribution in [0.3, 0.4) is 0 Å². The Bertz CT molecular complexity index is 528. The molecule has 3 nitrogen and oxygen atoms in total. The molecule has 0 radical (unpaired) electrons. The van der Waals surface area contributed by atoms with Crippen LogP contribution >= 0.6 is 35.6 Å². The number of nitrogens with one attached hydrogen (secondary N) is 2. The summed E-state index contributed by atoms with van der Waals surface area (Å²) in [6, 6.07) is 3.67. The molecule has 1 saturated heterocycles. The van der Waals surface area contributed by atoms with Crippen LogP contribution < -0.4 is 10.6 Å². The van der Waals surface area contributed by atoms with E-state index in [1.54, 1.807) is 25.1 Å². The number of carbonyl (C=O) groups excluding carboxylic acids is 1. The minimum Gasteiger partial charge on any atom is -0.348 e. The first-order chi connectivity index (χ1) is 9.28. The van der Waals surface area contributed by atoms with E-state index in [4.69, 9.17) is 23.2 Å². The van der Waals surface area contributed by atoms with Crippen molar-refractivity contribution in [1.29, 1.82) is 0 Å². The molecule has 2 rings (SSSR count). The van der Waals surface area contributed by atoms with Gasteiger partial charge in [0.1, 0.15) is 0 Å². The van der Waals surface area contributed by atoms with Gasteiger partial charge in [0.25, 0.3) is 5.92 Å². The number of hydrogen-bond acceptors (Lipinski definition) is 2.